The summed E-state index contributed by atoms with van der Waals surface area (Å²) in [6, 6.07) is 8.05. The maximum Gasteiger partial charge on any atom is 0.228 e. The van der Waals surface area contributed by atoms with Gasteiger partial charge in [-0.3, -0.25) is 4.79 Å². The molecular formula is C14H23Cl2N3O. The van der Waals surface area contributed by atoms with Crippen molar-refractivity contribution in [3.05, 3.63) is 29.8 Å². The van der Waals surface area contributed by atoms with Crippen LogP contribution in [0.2, 0.25) is 0 Å². The fourth-order valence-corrected chi connectivity index (χ4v) is 2.24. The van der Waals surface area contributed by atoms with Gasteiger partial charge in [0, 0.05) is 18.8 Å². The minimum atomic E-state index is 0. The summed E-state index contributed by atoms with van der Waals surface area (Å²) in [5.74, 6) is 0.240. The van der Waals surface area contributed by atoms with Gasteiger partial charge in [0.15, 0.2) is 0 Å². The highest BCUT2D eigenvalue weighted by Gasteiger charge is 2.22. The Morgan fingerprint density at radius 1 is 1.40 bits per heavy atom. The fourth-order valence-electron chi connectivity index (χ4n) is 2.24. The van der Waals surface area contributed by atoms with Gasteiger partial charge in [0.2, 0.25) is 5.91 Å². The minimum Gasteiger partial charge on any atom is -0.326 e. The summed E-state index contributed by atoms with van der Waals surface area (Å²) in [4.78, 5) is 14.1. The van der Waals surface area contributed by atoms with Crippen LogP contribution in [0.15, 0.2) is 24.3 Å². The average molecular weight is 320 g/mol. The van der Waals surface area contributed by atoms with E-state index in [9.17, 15) is 4.79 Å². The van der Waals surface area contributed by atoms with Gasteiger partial charge < -0.3 is 15.5 Å². The van der Waals surface area contributed by atoms with Gasteiger partial charge in [-0.1, -0.05) is 12.1 Å². The number of nitrogens with one attached hydrogen (secondary N) is 2. The van der Waals surface area contributed by atoms with Crippen molar-refractivity contribution in [2.45, 2.75) is 13.0 Å². The van der Waals surface area contributed by atoms with Gasteiger partial charge in [0.25, 0.3) is 0 Å². The summed E-state index contributed by atoms with van der Waals surface area (Å²) in [7, 11) is 4.07. The predicted octanol–water partition coefficient (Wildman–Crippen LogP) is 2.14. The first-order valence-corrected chi connectivity index (χ1v) is 6.40. The van der Waals surface area contributed by atoms with E-state index < -0.39 is 0 Å². The topological polar surface area (TPSA) is 44.4 Å². The number of anilines is 1. The Hall–Kier alpha value is -0.810. The molecule has 1 aliphatic rings. The molecule has 4 nitrogen and oxygen atoms in total. The lowest BCUT2D eigenvalue weighted by atomic mass is 10.1. The number of hydrogen-bond acceptors (Lipinski definition) is 3. The van der Waals surface area contributed by atoms with Crippen molar-refractivity contribution in [1.29, 1.82) is 0 Å². The average Bonchev–Trinajstić information content (AvgIpc) is 2.81. The van der Waals surface area contributed by atoms with Crippen LogP contribution in [0, 0.1) is 5.92 Å². The van der Waals surface area contributed by atoms with Crippen molar-refractivity contribution < 1.29 is 4.79 Å². The first-order chi connectivity index (χ1) is 8.65. The molecule has 2 rings (SSSR count). The first-order valence-electron chi connectivity index (χ1n) is 6.40. The number of amides is 1. The van der Waals surface area contributed by atoms with E-state index in [1.54, 1.807) is 0 Å². The molecule has 0 aliphatic carbocycles. The zero-order valence-electron chi connectivity index (χ0n) is 11.9. The third-order valence-corrected chi connectivity index (χ3v) is 3.12. The second-order valence-electron chi connectivity index (χ2n) is 5.12. The third kappa shape index (κ3) is 5.67. The normalized spacial score (nSPS) is 17.2. The van der Waals surface area contributed by atoms with Gasteiger partial charge >= 0.3 is 0 Å². The van der Waals surface area contributed by atoms with Crippen molar-refractivity contribution in [2.24, 2.45) is 5.92 Å². The molecule has 1 aliphatic heterocycles. The fraction of sp³-hybridized carbons (Fsp3) is 0.500. The van der Waals surface area contributed by atoms with E-state index in [0.29, 0.717) is 0 Å². The standard InChI is InChI=1S/C14H21N3O.2ClH/c1-17(2)10-11-4-3-5-13(8-11)16-14(18)12-6-7-15-9-12;;/h3-5,8,12,15H,6-7,9-10H2,1-2H3,(H,16,18);2*1H. The predicted molar refractivity (Wildman–Crippen MR) is 87.9 cm³/mol. The van der Waals surface area contributed by atoms with E-state index in [4.69, 9.17) is 0 Å². The van der Waals surface area contributed by atoms with E-state index in [0.717, 1.165) is 31.7 Å². The van der Waals surface area contributed by atoms with E-state index >= 15 is 0 Å². The molecule has 1 aromatic rings. The Bertz CT molecular complexity index is 421. The summed E-state index contributed by atoms with van der Waals surface area (Å²) < 4.78 is 0. The van der Waals surface area contributed by atoms with Crippen LogP contribution in [-0.4, -0.2) is 38.0 Å². The highest BCUT2D eigenvalue weighted by Crippen LogP contribution is 2.15. The number of carbonyl (C=O) groups is 1. The number of nitrogens with zero attached hydrogens (tertiary/aromatic N) is 1. The molecule has 0 radical (unpaired) electrons. The van der Waals surface area contributed by atoms with E-state index in [2.05, 4.69) is 21.6 Å². The lowest BCUT2D eigenvalue weighted by molar-refractivity contribution is -0.119. The molecule has 0 saturated carbocycles. The summed E-state index contributed by atoms with van der Waals surface area (Å²) in [6.07, 6.45) is 0.934. The molecule has 20 heavy (non-hydrogen) atoms. The molecule has 2 N–H and O–H groups in total. The molecule has 1 heterocycles. The largest absolute Gasteiger partial charge is 0.326 e. The number of hydrogen-bond donors (Lipinski definition) is 2. The Morgan fingerprint density at radius 3 is 2.75 bits per heavy atom. The monoisotopic (exact) mass is 319 g/mol. The molecule has 0 spiro atoms. The van der Waals surface area contributed by atoms with Crippen LogP contribution >= 0.6 is 24.8 Å². The van der Waals surface area contributed by atoms with Gasteiger partial charge in [-0.15, -0.1) is 24.8 Å². The summed E-state index contributed by atoms with van der Waals surface area (Å²) in [5.41, 5.74) is 2.11. The van der Waals surface area contributed by atoms with E-state index in [1.807, 2.05) is 32.3 Å². The van der Waals surface area contributed by atoms with Gasteiger partial charge in [-0.2, -0.15) is 0 Å². The zero-order chi connectivity index (χ0) is 13.0. The van der Waals surface area contributed by atoms with Crippen LogP contribution < -0.4 is 10.6 Å². The smallest absolute Gasteiger partial charge is 0.228 e. The summed E-state index contributed by atoms with van der Waals surface area (Å²) in [5, 5.41) is 6.21. The molecule has 6 heteroatoms. The highest BCUT2D eigenvalue weighted by atomic mass is 35.5. The number of halogens is 2. The van der Waals surface area contributed by atoms with E-state index in [1.165, 1.54) is 5.56 Å². The summed E-state index contributed by atoms with van der Waals surface area (Å²) >= 11 is 0. The molecule has 1 saturated heterocycles. The molecule has 1 atom stereocenters. The number of benzene rings is 1. The number of rotatable bonds is 4. The lowest BCUT2D eigenvalue weighted by Gasteiger charge is -2.13. The SMILES string of the molecule is CN(C)Cc1cccc(NC(=O)C2CCNC2)c1.Cl.Cl. The molecule has 0 bridgehead atoms. The zero-order valence-corrected chi connectivity index (χ0v) is 13.5. The van der Waals surface area contributed by atoms with Crippen LogP contribution in [0.25, 0.3) is 0 Å². The molecule has 1 fully saturated rings. The lowest BCUT2D eigenvalue weighted by Crippen LogP contribution is -2.24. The van der Waals surface area contributed by atoms with Crippen LogP contribution in [-0.2, 0) is 11.3 Å². The number of carbonyl (C=O) groups excluding carboxylic acids is 1. The highest BCUT2D eigenvalue weighted by molar-refractivity contribution is 5.92. The van der Waals surface area contributed by atoms with Gasteiger partial charge in [0.05, 0.1) is 5.92 Å². The van der Waals surface area contributed by atoms with Crippen LogP contribution in [0.3, 0.4) is 0 Å². The quantitative estimate of drug-likeness (QED) is 0.893. The molecule has 0 aromatic heterocycles. The van der Waals surface area contributed by atoms with Crippen LogP contribution in [0.1, 0.15) is 12.0 Å². The van der Waals surface area contributed by atoms with Gasteiger partial charge in [-0.05, 0) is 44.8 Å². The molecule has 114 valence electrons. The Morgan fingerprint density at radius 2 is 2.15 bits per heavy atom. The second kappa shape index (κ2) is 9.19. The van der Waals surface area contributed by atoms with Crippen LogP contribution in [0.4, 0.5) is 5.69 Å². The Labute approximate surface area is 133 Å². The first kappa shape index (κ1) is 19.2. The maximum absolute atomic E-state index is 12.0. The van der Waals surface area contributed by atoms with Crippen molar-refractivity contribution >= 4 is 36.4 Å². The molecule has 1 amide bonds. The van der Waals surface area contributed by atoms with Crippen molar-refractivity contribution in [1.82, 2.24) is 10.2 Å². The van der Waals surface area contributed by atoms with Crippen molar-refractivity contribution in [3.63, 3.8) is 0 Å². The third-order valence-electron chi connectivity index (χ3n) is 3.12. The maximum atomic E-state index is 12.0. The Kier molecular flexibility index (Phi) is 8.81. The molecular weight excluding hydrogens is 297 g/mol. The van der Waals surface area contributed by atoms with Gasteiger partial charge in [0.1, 0.15) is 0 Å². The summed E-state index contributed by atoms with van der Waals surface area (Å²) in [6.45, 7) is 2.62. The van der Waals surface area contributed by atoms with E-state index in [-0.39, 0.29) is 36.6 Å². The van der Waals surface area contributed by atoms with Crippen molar-refractivity contribution in [3.8, 4) is 0 Å². The van der Waals surface area contributed by atoms with Crippen LogP contribution in [0.5, 0.6) is 0 Å². The molecule has 1 aromatic carbocycles. The van der Waals surface area contributed by atoms with Gasteiger partial charge in [-0.25, -0.2) is 0 Å². The Balaban J connectivity index is 0.00000180. The minimum absolute atomic E-state index is 0. The van der Waals surface area contributed by atoms with Crippen molar-refractivity contribution in [2.75, 3.05) is 32.5 Å². The molecule has 1 unspecified atom stereocenters. The second-order valence-corrected chi connectivity index (χ2v) is 5.12.